The zero-order valence-electron chi connectivity index (χ0n) is 23.7. The highest BCUT2D eigenvalue weighted by Gasteiger charge is 2.48. The Morgan fingerprint density at radius 3 is 2.29 bits per heavy atom. The Labute approximate surface area is 247 Å². The first-order valence-electron chi connectivity index (χ1n) is 14.7. The molecule has 0 N–H and O–H groups in total. The maximum atomic E-state index is 13.6. The molecule has 0 aliphatic carbocycles. The third-order valence-corrected chi connectivity index (χ3v) is 9.83. The van der Waals surface area contributed by atoms with Gasteiger partial charge in [-0.25, -0.2) is 0 Å². The van der Waals surface area contributed by atoms with Gasteiger partial charge in [0.05, 0.1) is 23.1 Å². The molecule has 41 heavy (non-hydrogen) atoms. The number of carbonyl (C=O) groups is 2. The summed E-state index contributed by atoms with van der Waals surface area (Å²) in [5.74, 6) is 1.74. The Bertz CT molecular complexity index is 1370. The van der Waals surface area contributed by atoms with Crippen LogP contribution in [0.15, 0.2) is 78.9 Å². The molecule has 214 valence electrons. The van der Waals surface area contributed by atoms with Crippen molar-refractivity contribution >= 4 is 23.4 Å². The highest BCUT2D eigenvalue weighted by molar-refractivity contribution is 6.33. The van der Waals surface area contributed by atoms with E-state index in [-0.39, 0.29) is 17.2 Å². The highest BCUT2D eigenvalue weighted by Crippen LogP contribution is 2.43. The number of likely N-dealkylation sites (tertiary alicyclic amines) is 3. The van der Waals surface area contributed by atoms with E-state index >= 15 is 0 Å². The normalized spacial score (nSPS) is 22.4. The van der Waals surface area contributed by atoms with Gasteiger partial charge in [0.1, 0.15) is 5.75 Å². The molecule has 2 unspecified atom stereocenters. The Morgan fingerprint density at radius 1 is 0.902 bits per heavy atom. The van der Waals surface area contributed by atoms with Crippen LogP contribution in [-0.2, 0) is 11.3 Å². The first-order chi connectivity index (χ1) is 20.0. The predicted molar refractivity (Wildman–Crippen MR) is 161 cm³/mol. The van der Waals surface area contributed by atoms with Gasteiger partial charge in [0.15, 0.2) is 0 Å². The maximum Gasteiger partial charge on any atom is 0.255 e. The summed E-state index contributed by atoms with van der Waals surface area (Å²) in [6.45, 7) is 5.63. The Hall–Kier alpha value is -3.35. The van der Waals surface area contributed by atoms with Gasteiger partial charge in [-0.3, -0.25) is 9.59 Å². The number of piperidine rings is 1. The van der Waals surface area contributed by atoms with Gasteiger partial charge < -0.3 is 19.4 Å². The minimum absolute atomic E-state index is 0.00475. The van der Waals surface area contributed by atoms with Crippen LogP contribution in [0.3, 0.4) is 0 Å². The molecule has 0 radical (unpaired) electrons. The van der Waals surface area contributed by atoms with E-state index in [4.69, 9.17) is 16.3 Å². The van der Waals surface area contributed by atoms with E-state index in [0.29, 0.717) is 42.0 Å². The summed E-state index contributed by atoms with van der Waals surface area (Å²) in [7, 11) is 1.67. The quantitative estimate of drug-likeness (QED) is 0.364. The Morgan fingerprint density at radius 2 is 1.59 bits per heavy atom. The summed E-state index contributed by atoms with van der Waals surface area (Å²) in [5, 5.41) is 0.501. The lowest BCUT2D eigenvalue weighted by atomic mass is 9.76. The van der Waals surface area contributed by atoms with Gasteiger partial charge in [-0.1, -0.05) is 66.2 Å². The SMILES string of the molecule is COc1ccc(CN2CCC3(CCN(CC4CN(C(=O)c5ccccc5Cl)CC4c4ccccc4)CC3)C2=O)cc1. The number of rotatable bonds is 7. The number of halogens is 1. The van der Waals surface area contributed by atoms with E-state index in [1.165, 1.54) is 5.56 Å². The molecule has 7 heteroatoms. The van der Waals surface area contributed by atoms with Crippen molar-refractivity contribution in [3.8, 4) is 5.75 Å². The molecule has 1 spiro atoms. The third-order valence-electron chi connectivity index (χ3n) is 9.50. The van der Waals surface area contributed by atoms with Crippen LogP contribution in [0.1, 0.15) is 46.7 Å². The molecule has 3 aliphatic heterocycles. The number of hydrogen-bond donors (Lipinski definition) is 0. The van der Waals surface area contributed by atoms with E-state index < -0.39 is 0 Å². The molecule has 2 amide bonds. The topological polar surface area (TPSA) is 53.1 Å². The second-order valence-electron chi connectivity index (χ2n) is 11.9. The van der Waals surface area contributed by atoms with Gasteiger partial charge in [0.2, 0.25) is 5.91 Å². The molecule has 3 saturated heterocycles. The third kappa shape index (κ3) is 5.73. The summed E-state index contributed by atoms with van der Waals surface area (Å²) in [6, 6.07) is 25.9. The first kappa shape index (κ1) is 27.8. The molecule has 6 rings (SSSR count). The zero-order valence-corrected chi connectivity index (χ0v) is 24.4. The summed E-state index contributed by atoms with van der Waals surface area (Å²) in [5.41, 5.74) is 2.75. The Kier molecular flexibility index (Phi) is 8.05. The standard InChI is InChI=1S/C34H38ClN3O3/c1-41-28-13-11-25(12-14-28)21-37-20-17-34(33(37)40)15-18-36(19-16-34)22-27-23-38(24-30(27)26-7-3-2-4-8-26)32(39)29-9-5-6-10-31(29)35/h2-14,27,30H,15-24H2,1H3. The van der Waals surface area contributed by atoms with Crippen molar-refractivity contribution in [3.05, 3.63) is 101 Å². The van der Waals surface area contributed by atoms with E-state index in [0.717, 1.165) is 56.8 Å². The van der Waals surface area contributed by atoms with Crippen LogP contribution in [0.2, 0.25) is 5.02 Å². The summed E-state index contributed by atoms with van der Waals surface area (Å²) >= 11 is 6.39. The van der Waals surface area contributed by atoms with E-state index in [1.54, 1.807) is 13.2 Å². The van der Waals surface area contributed by atoms with Crippen molar-refractivity contribution in [3.63, 3.8) is 0 Å². The fraction of sp³-hybridized carbons (Fsp3) is 0.412. The van der Waals surface area contributed by atoms with Gasteiger partial charge in [0.25, 0.3) is 5.91 Å². The molecule has 3 fully saturated rings. The van der Waals surface area contributed by atoms with Crippen LogP contribution >= 0.6 is 11.6 Å². The minimum Gasteiger partial charge on any atom is -0.497 e. The van der Waals surface area contributed by atoms with Gasteiger partial charge in [-0.2, -0.15) is 0 Å². The fourth-order valence-electron chi connectivity index (χ4n) is 7.06. The molecule has 0 bridgehead atoms. The molecule has 6 nitrogen and oxygen atoms in total. The van der Waals surface area contributed by atoms with Crippen molar-refractivity contribution < 1.29 is 14.3 Å². The monoisotopic (exact) mass is 571 g/mol. The molecule has 3 aliphatic rings. The fourth-order valence-corrected chi connectivity index (χ4v) is 7.28. The van der Waals surface area contributed by atoms with E-state index in [1.807, 2.05) is 58.3 Å². The largest absolute Gasteiger partial charge is 0.497 e. The molecule has 3 heterocycles. The van der Waals surface area contributed by atoms with Gasteiger partial charge in [0, 0.05) is 38.6 Å². The highest BCUT2D eigenvalue weighted by atomic mass is 35.5. The van der Waals surface area contributed by atoms with Crippen LogP contribution in [0, 0.1) is 11.3 Å². The molecular formula is C34H38ClN3O3. The van der Waals surface area contributed by atoms with Gasteiger partial charge in [-0.05, 0) is 73.7 Å². The second kappa shape index (κ2) is 11.9. The number of carbonyl (C=O) groups excluding carboxylic acids is 2. The lowest BCUT2D eigenvalue weighted by Gasteiger charge is -2.39. The number of nitrogens with zero attached hydrogens (tertiary/aromatic N) is 3. The van der Waals surface area contributed by atoms with E-state index in [9.17, 15) is 9.59 Å². The number of ether oxygens (including phenoxy) is 1. The summed E-state index contributed by atoms with van der Waals surface area (Å²) < 4.78 is 5.27. The summed E-state index contributed by atoms with van der Waals surface area (Å²) in [4.78, 5) is 33.6. The van der Waals surface area contributed by atoms with Crippen LogP contribution in [-0.4, -0.2) is 72.9 Å². The van der Waals surface area contributed by atoms with Crippen molar-refractivity contribution in [1.29, 1.82) is 0 Å². The van der Waals surface area contributed by atoms with Crippen LogP contribution in [0.25, 0.3) is 0 Å². The molecular weight excluding hydrogens is 534 g/mol. The number of amides is 2. The number of methoxy groups -OCH3 is 1. The average molecular weight is 572 g/mol. The van der Waals surface area contributed by atoms with Crippen LogP contribution in [0.5, 0.6) is 5.75 Å². The van der Waals surface area contributed by atoms with Gasteiger partial charge in [-0.15, -0.1) is 0 Å². The predicted octanol–water partition coefficient (Wildman–Crippen LogP) is 5.72. The maximum absolute atomic E-state index is 13.6. The van der Waals surface area contributed by atoms with Crippen LogP contribution in [0.4, 0.5) is 0 Å². The van der Waals surface area contributed by atoms with Crippen molar-refractivity contribution in [2.24, 2.45) is 11.3 Å². The van der Waals surface area contributed by atoms with E-state index in [2.05, 4.69) is 29.2 Å². The number of benzene rings is 3. The Balaban J connectivity index is 1.10. The van der Waals surface area contributed by atoms with Gasteiger partial charge >= 0.3 is 0 Å². The number of hydrogen-bond acceptors (Lipinski definition) is 4. The van der Waals surface area contributed by atoms with Crippen molar-refractivity contribution in [2.75, 3.05) is 46.4 Å². The van der Waals surface area contributed by atoms with Crippen molar-refractivity contribution in [2.45, 2.75) is 31.7 Å². The zero-order chi connectivity index (χ0) is 28.4. The average Bonchev–Trinajstić information content (AvgIpc) is 3.56. The first-order valence-corrected chi connectivity index (χ1v) is 15.1. The molecule has 0 aromatic heterocycles. The lowest BCUT2D eigenvalue weighted by molar-refractivity contribution is -0.139. The molecule has 3 aromatic rings. The molecule has 3 aromatic carbocycles. The lowest BCUT2D eigenvalue weighted by Crippen LogP contribution is -2.46. The molecule has 2 atom stereocenters. The molecule has 0 saturated carbocycles. The van der Waals surface area contributed by atoms with Crippen LogP contribution < -0.4 is 4.74 Å². The van der Waals surface area contributed by atoms with Crippen molar-refractivity contribution in [1.82, 2.24) is 14.7 Å². The summed E-state index contributed by atoms with van der Waals surface area (Å²) in [6.07, 6.45) is 2.73. The minimum atomic E-state index is -0.233. The second-order valence-corrected chi connectivity index (χ2v) is 12.3. The smallest absolute Gasteiger partial charge is 0.255 e.